The molecule has 1 fully saturated rings. The second-order valence-electron chi connectivity index (χ2n) is 5.30. The second kappa shape index (κ2) is 6.84. The third kappa shape index (κ3) is 4.60. The molecule has 2 rings (SSSR count). The highest BCUT2D eigenvalue weighted by atomic mass is 35.5. The number of hydrogen-bond donors (Lipinski definition) is 2. The molecule has 1 aromatic rings. The number of nitrogens with zero attached hydrogens (tertiary/aromatic N) is 1. The van der Waals surface area contributed by atoms with Crippen molar-refractivity contribution in [1.82, 2.24) is 10.6 Å². The smallest absolute Gasteiger partial charge is 0.191 e. The highest BCUT2D eigenvalue weighted by Crippen LogP contribution is 2.28. The van der Waals surface area contributed by atoms with Crippen LogP contribution in [0.4, 0.5) is 0 Å². The average molecular weight is 296 g/mol. The van der Waals surface area contributed by atoms with Crippen molar-refractivity contribution in [3.05, 3.63) is 29.3 Å². The van der Waals surface area contributed by atoms with E-state index < -0.39 is 0 Å². The van der Waals surface area contributed by atoms with E-state index in [0.29, 0.717) is 17.6 Å². The van der Waals surface area contributed by atoms with Crippen molar-refractivity contribution in [2.24, 2.45) is 10.9 Å². The van der Waals surface area contributed by atoms with Gasteiger partial charge in [-0.15, -0.1) is 0 Å². The minimum Gasteiger partial charge on any atom is -0.489 e. The van der Waals surface area contributed by atoms with Gasteiger partial charge in [0.05, 0.1) is 6.54 Å². The van der Waals surface area contributed by atoms with Crippen molar-refractivity contribution in [3.8, 4) is 5.75 Å². The quantitative estimate of drug-likeness (QED) is 0.648. The van der Waals surface area contributed by atoms with Crippen LogP contribution in [0, 0.1) is 5.92 Å². The van der Waals surface area contributed by atoms with Gasteiger partial charge in [-0.05, 0) is 43.5 Å². The first kappa shape index (κ1) is 15.0. The lowest BCUT2D eigenvalue weighted by Crippen LogP contribution is -2.43. The molecule has 20 heavy (non-hydrogen) atoms. The van der Waals surface area contributed by atoms with Gasteiger partial charge in [-0.2, -0.15) is 0 Å². The molecule has 1 aromatic carbocycles. The van der Waals surface area contributed by atoms with Gasteiger partial charge >= 0.3 is 0 Å². The average Bonchev–Trinajstić information content (AvgIpc) is 3.12. The third-order valence-corrected chi connectivity index (χ3v) is 3.62. The van der Waals surface area contributed by atoms with Crippen LogP contribution >= 0.6 is 11.6 Å². The van der Waals surface area contributed by atoms with Gasteiger partial charge in [-0.1, -0.05) is 18.5 Å². The maximum atomic E-state index is 5.84. The van der Waals surface area contributed by atoms with Gasteiger partial charge in [0.25, 0.3) is 0 Å². The maximum absolute atomic E-state index is 5.84. The lowest BCUT2D eigenvalue weighted by Gasteiger charge is -2.17. The molecule has 3 atom stereocenters. The van der Waals surface area contributed by atoms with Gasteiger partial charge in [0.2, 0.25) is 0 Å². The normalized spacial score (nSPS) is 23.1. The number of rotatable bonds is 5. The van der Waals surface area contributed by atoms with Crippen molar-refractivity contribution in [2.45, 2.75) is 32.4 Å². The fraction of sp³-hybridized carbons (Fsp3) is 0.533. The van der Waals surface area contributed by atoms with Gasteiger partial charge < -0.3 is 15.4 Å². The third-order valence-electron chi connectivity index (χ3n) is 3.36. The number of benzene rings is 1. The summed E-state index contributed by atoms with van der Waals surface area (Å²) in [6, 6.07) is 7.96. The lowest BCUT2D eigenvalue weighted by atomic mass is 10.3. The van der Waals surface area contributed by atoms with Gasteiger partial charge in [0, 0.05) is 18.1 Å². The van der Waals surface area contributed by atoms with Crippen LogP contribution in [0.2, 0.25) is 5.02 Å². The van der Waals surface area contributed by atoms with Gasteiger partial charge in [0.15, 0.2) is 5.96 Å². The molecule has 4 nitrogen and oxygen atoms in total. The molecule has 0 spiro atoms. The Bertz CT molecular complexity index is 461. The summed E-state index contributed by atoms with van der Waals surface area (Å²) in [4.78, 5) is 4.21. The Morgan fingerprint density at radius 1 is 1.45 bits per heavy atom. The molecule has 0 saturated heterocycles. The number of hydrogen-bond acceptors (Lipinski definition) is 2. The minimum atomic E-state index is 0.0475. The van der Waals surface area contributed by atoms with Crippen molar-refractivity contribution >= 4 is 17.6 Å². The number of guanidine groups is 1. The van der Waals surface area contributed by atoms with Crippen molar-refractivity contribution in [3.63, 3.8) is 0 Å². The van der Waals surface area contributed by atoms with Gasteiger partial charge in [-0.25, -0.2) is 0 Å². The molecule has 0 amide bonds. The number of halogens is 1. The van der Waals surface area contributed by atoms with Gasteiger partial charge in [-0.3, -0.25) is 4.99 Å². The van der Waals surface area contributed by atoms with Crippen LogP contribution in [-0.4, -0.2) is 31.7 Å². The number of ether oxygens (including phenoxy) is 1. The summed E-state index contributed by atoms with van der Waals surface area (Å²) in [6.45, 7) is 4.95. The molecule has 0 aromatic heterocycles. The topological polar surface area (TPSA) is 45.7 Å². The molecule has 3 unspecified atom stereocenters. The standard InChI is InChI=1S/C15H22ClN3O/c1-10-8-14(10)19-15(17-3)18-9-11(2)20-13-6-4-12(16)5-7-13/h4-7,10-11,14H,8-9H2,1-3H3,(H2,17,18,19). The zero-order chi connectivity index (χ0) is 14.5. The summed E-state index contributed by atoms with van der Waals surface area (Å²) in [5, 5.41) is 7.38. The largest absolute Gasteiger partial charge is 0.489 e. The van der Waals surface area contributed by atoms with E-state index in [1.807, 2.05) is 31.2 Å². The Labute approximate surface area is 125 Å². The molecular formula is C15H22ClN3O. The van der Waals surface area contributed by atoms with E-state index in [-0.39, 0.29) is 6.10 Å². The molecular weight excluding hydrogens is 274 g/mol. The Morgan fingerprint density at radius 2 is 2.10 bits per heavy atom. The van der Waals surface area contributed by atoms with E-state index in [2.05, 4.69) is 22.5 Å². The predicted molar refractivity (Wildman–Crippen MR) is 83.6 cm³/mol. The van der Waals surface area contributed by atoms with Crippen LogP contribution in [0.25, 0.3) is 0 Å². The monoisotopic (exact) mass is 295 g/mol. The first-order chi connectivity index (χ1) is 9.58. The highest BCUT2D eigenvalue weighted by Gasteiger charge is 2.33. The minimum absolute atomic E-state index is 0.0475. The van der Waals surface area contributed by atoms with Crippen LogP contribution in [0.15, 0.2) is 29.3 Å². The van der Waals surface area contributed by atoms with E-state index in [1.165, 1.54) is 6.42 Å². The Balaban J connectivity index is 1.73. The summed E-state index contributed by atoms with van der Waals surface area (Å²) < 4.78 is 5.80. The van der Waals surface area contributed by atoms with Crippen molar-refractivity contribution in [2.75, 3.05) is 13.6 Å². The molecule has 5 heteroatoms. The lowest BCUT2D eigenvalue weighted by molar-refractivity contribution is 0.224. The zero-order valence-electron chi connectivity index (χ0n) is 12.2. The van der Waals surface area contributed by atoms with Gasteiger partial charge in [0.1, 0.15) is 11.9 Å². The summed E-state index contributed by atoms with van der Waals surface area (Å²) >= 11 is 5.84. The molecule has 110 valence electrons. The first-order valence-corrected chi connectivity index (χ1v) is 7.35. The van der Waals surface area contributed by atoms with Crippen LogP contribution < -0.4 is 15.4 Å². The van der Waals surface area contributed by atoms with Crippen LogP contribution in [0.1, 0.15) is 20.3 Å². The molecule has 2 N–H and O–H groups in total. The molecule has 1 saturated carbocycles. The SMILES string of the molecule is CN=C(NCC(C)Oc1ccc(Cl)cc1)NC1CC1C. The molecule has 0 heterocycles. The van der Waals surface area contributed by atoms with Crippen LogP contribution in [-0.2, 0) is 0 Å². The second-order valence-corrected chi connectivity index (χ2v) is 5.74. The molecule has 1 aliphatic carbocycles. The maximum Gasteiger partial charge on any atom is 0.191 e. The number of aliphatic imine (C=N–C) groups is 1. The van der Waals surface area contributed by atoms with E-state index >= 15 is 0 Å². The van der Waals surface area contributed by atoms with Crippen molar-refractivity contribution in [1.29, 1.82) is 0 Å². The molecule has 1 aliphatic rings. The summed E-state index contributed by atoms with van der Waals surface area (Å²) in [5.41, 5.74) is 0. The van der Waals surface area contributed by atoms with E-state index in [0.717, 1.165) is 17.6 Å². The Kier molecular flexibility index (Phi) is 5.12. The van der Waals surface area contributed by atoms with E-state index in [1.54, 1.807) is 7.05 Å². The van der Waals surface area contributed by atoms with Crippen molar-refractivity contribution < 1.29 is 4.74 Å². The van der Waals surface area contributed by atoms with Crippen LogP contribution in [0.3, 0.4) is 0 Å². The Morgan fingerprint density at radius 3 is 2.65 bits per heavy atom. The summed E-state index contributed by atoms with van der Waals surface area (Å²) in [5.74, 6) is 2.41. The van der Waals surface area contributed by atoms with E-state index in [9.17, 15) is 0 Å². The molecule has 0 aliphatic heterocycles. The molecule has 0 bridgehead atoms. The number of nitrogens with one attached hydrogen (secondary N) is 2. The zero-order valence-corrected chi connectivity index (χ0v) is 12.9. The van der Waals surface area contributed by atoms with E-state index in [4.69, 9.17) is 16.3 Å². The predicted octanol–water partition coefficient (Wildman–Crippen LogP) is 2.68. The van der Waals surface area contributed by atoms with Crippen LogP contribution in [0.5, 0.6) is 5.75 Å². The first-order valence-electron chi connectivity index (χ1n) is 6.98. The molecule has 0 radical (unpaired) electrons. The fourth-order valence-electron chi connectivity index (χ4n) is 1.92. The summed E-state index contributed by atoms with van der Waals surface area (Å²) in [6.07, 6.45) is 1.27. The fourth-order valence-corrected chi connectivity index (χ4v) is 2.05. The summed E-state index contributed by atoms with van der Waals surface area (Å²) in [7, 11) is 1.78. The highest BCUT2D eigenvalue weighted by molar-refractivity contribution is 6.30. The Hall–Kier alpha value is -1.42.